The van der Waals surface area contributed by atoms with Crippen molar-refractivity contribution in [1.29, 1.82) is 5.26 Å². The molecule has 1 aromatic rings. The fraction of sp³-hybridized carbons (Fsp3) is 0.385. The number of thiophene rings is 1. The zero-order valence-electron chi connectivity index (χ0n) is 10.9. The van der Waals surface area contributed by atoms with Gasteiger partial charge in [-0.05, 0) is 36.4 Å². The maximum Gasteiger partial charge on any atom is 0.262 e. The minimum atomic E-state index is -3.05. The van der Waals surface area contributed by atoms with Gasteiger partial charge < -0.3 is 5.32 Å². The van der Waals surface area contributed by atoms with E-state index in [0.29, 0.717) is 6.42 Å². The van der Waals surface area contributed by atoms with Gasteiger partial charge in [-0.25, -0.2) is 8.42 Å². The van der Waals surface area contributed by atoms with Crippen LogP contribution in [0.2, 0.25) is 0 Å². The smallest absolute Gasteiger partial charge is 0.262 e. The SMILES string of the molecule is Cc1ccsc1/C=C(\C#N)C(=O)NC1CCS(=O)(=O)C1. The molecule has 1 aromatic heterocycles. The molecule has 0 aliphatic carbocycles. The molecule has 1 N–H and O–H groups in total. The van der Waals surface area contributed by atoms with Crippen LogP contribution < -0.4 is 5.32 Å². The maximum atomic E-state index is 12.0. The third-order valence-electron chi connectivity index (χ3n) is 3.11. The Morgan fingerprint density at radius 3 is 2.85 bits per heavy atom. The van der Waals surface area contributed by atoms with Gasteiger partial charge in [-0.1, -0.05) is 0 Å². The molecule has 0 bridgehead atoms. The highest BCUT2D eigenvalue weighted by atomic mass is 32.2. The third-order valence-corrected chi connectivity index (χ3v) is 5.84. The van der Waals surface area contributed by atoms with Crippen LogP contribution in [0.25, 0.3) is 6.08 Å². The molecule has 1 fully saturated rings. The van der Waals surface area contributed by atoms with E-state index in [1.807, 2.05) is 24.4 Å². The van der Waals surface area contributed by atoms with Gasteiger partial charge in [0.1, 0.15) is 11.6 Å². The molecule has 1 unspecified atom stereocenters. The zero-order chi connectivity index (χ0) is 14.8. The second-order valence-electron chi connectivity index (χ2n) is 4.71. The summed E-state index contributed by atoms with van der Waals surface area (Å²) in [6.45, 7) is 1.90. The average molecular weight is 310 g/mol. The number of hydrogen-bond acceptors (Lipinski definition) is 5. The quantitative estimate of drug-likeness (QED) is 0.672. The van der Waals surface area contributed by atoms with Gasteiger partial charge in [0.2, 0.25) is 0 Å². The van der Waals surface area contributed by atoms with Crippen molar-refractivity contribution in [2.24, 2.45) is 0 Å². The maximum absolute atomic E-state index is 12.0. The molecule has 2 rings (SSSR count). The zero-order valence-corrected chi connectivity index (χ0v) is 12.6. The molecule has 1 aliphatic heterocycles. The van der Waals surface area contributed by atoms with Crippen LogP contribution in [0, 0.1) is 18.3 Å². The largest absolute Gasteiger partial charge is 0.348 e. The summed E-state index contributed by atoms with van der Waals surface area (Å²) in [7, 11) is -3.05. The Balaban J connectivity index is 2.10. The lowest BCUT2D eigenvalue weighted by Gasteiger charge is -2.09. The van der Waals surface area contributed by atoms with Crippen LogP contribution in [0.3, 0.4) is 0 Å². The Labute approximate surface area is 121 Å². The molecule has 1 saturated heterocycles. The Hall–Kier alpha value is -1.65. The number of nitriles is 1. The molecular weight excluding hydrogens is 296 g/mol. The molecule has 0 spiro atoms. The van der Waals surface area contributed by atoms with E-state index in [0.717, 1.165) is 10.4 Å². The molecular formula is C13H14N2O3S2. The van der Waals surface area contributed by atoms with E-state index in [1.165, 1.54) is 11.3 Å². The summed E-state index contributed by atoms with van der Waals surface area (Å²) < 4.78 is 22.7. The van der Waals surface area contributed by atoms with Crippen LogP contribution in [0.5, 0.6) is 0 Å². The van der Waals surface area contributed by atoms with Crippen LogP contribution in [0.15, 0.2) is 17.0 Å². The minimum absolute atomic E-state index is 0.000141. The Bertz CT molecular complexity index is 695. The number of carbonyl (C=O) groups excluding carboxylic acids is 1. The van der Waals surface area contributed by atoms with E-state index in [-0.39, 0.29) is 17.1 Å². The Morgan fingerprint density at radius 1 is 1.60 bits per heavy atom. The number of hydrogen-bond donors (Lipinski definition) is 1. The van der Waals surface area contributed by atoms with Gasteiger partial charge in [0, 0.05) is 10.9 Å². The van der Waals surface area contributed by atoms with Crippen LogP contribution in [0.4, 0.5) is 0 Å². The van der Waals surface area contributed by atoms with E-state index in [2.05, 4.69) is 5.32 Å². The molecule has 0 aromatic carbocycles. The van der Waals surface area contributed by atoms with Crippen LogP contribution in [-0.2, 0) is 14.6 Å². The number of aryl methyl sites for hydroxylation is 1. The average Bonchev–Trinajstić information content (AvgIpc) is 2.92. The van der Waals surface area contributed by atoms with E-state index in [9.17, 15) is 13.2 Å². The number of sulfone groups is 1. The van der Waals surface area contributed by atoms with Gasteiger partial charge in [-0.3, -0.25) is 4.79 Å². The van der Waals surface area contributed by atoms with Crippen molar-refractivity contribution in [1.82, 2.24) is 5.32 Å². The highest BCUT2D eigenvalue weighted by molar-refractivity contribution is 7.91. The number of nitrogens with zero attached hydrogens (tertiary/aromatic N) is 1. The van der Waals surface area contributed by atoms with Gasteiger partial charge in [0.15, 0.2) is 9.84 Å². The normalized spacial score (nSPS) is 21.4. The van der Waals surface area contributed by atoms with Crippen molar-refractivity contribution < 1.29 is 13.2 Å². The van der Waals surface area contributed by atoms with Crippen LogP contribution in [0.1, 0.15) is 16.9 Å². The fourth-order valence-corrected chi connectivity index (χ4v) is 4.52. The van der Waals surface area contributed by atoms with E-state index < -0.39 is 21.8 Å². The van der Waals surface area contributed by atoms with Crippen molar-refractivity contribution in [3.05, 3.63) is 27.5 Å². The first-order valence-electron chi connectivity index (χ1n) is 6.08. The molecule has 0 radical (unpaired) electrons. The molecule has 20 heavy (non-hydrogen) atoms. The first kappa shape index (κ1) is 14.8. The molecule has 1 aliphatic rings. The van der Waals surface area contributed by atoms with Crippen molar-refractivity contribution in [2.75, 3.05) is 11.5 Å². The Morgan fingerprint density at radius 2 is 2.35 bits per heavy atom. The topological polar surface area (TPSA) is 87.0 Å². The summed E-state index contributed by atoms with van der Waals surface area (Å²) in [4.78, 5) is 12.8. The van der Waals surface area contributed by atoms with Gasteiger partial charge in [-0.2, -0.15) is 5.26 Å². The van der Waals surface area contributed by atoms with Gasteiger partial charge in [0.25, 0.3) is 5.91 Å². The second-order valence-corrected chi connectivity index (χ2v) is 7.89. The number of rotatable bonds is 3. The molecule has 7 heteroatoms. The summed E-state index contributed by atoms with van der Waals surface area (Å²) >= 11 is 1.45. The lowest BCUT2D eigenvalue weighted by Crippen LogP contribution is -2.36. The van der Waals surface area contributed by atoms with Gasteiger partial charge in [0.05, 0.1) is 11.5 Å². The van der Waals surface area contributed by atoms with Crippen molar-refractivity contribution in [2.45, 2.75) is 19.4 Å². The summed E-state index contributed by atoms with van der Waals surface area (Å²) in [5.41, 5.74) is 0.999. The first-order chi connectivity index (χ1) is 9.41. The van der Waals surface area contributed by atoms with Crippen molar-refractivity contribution in [3.8, 4) is 6.07 Å². The predicted molar refractivity (Wildman–Crippen MR) is 77.8 cm³/mol. The highest BCUT2D eigenvalue weighted by Gasteiger charge is 2.29. The minimum Gasteiger partial charge on any atom is -0.348 e. The lowest BCUT2D eigenvalue weighted by molar-refractivity contribution is -0.117. The van der Waals surface area contributed by atoms with Crippen molar-refractivity contribution in [3.63, 3.8) is 0 Å². The van der Waals surface area contributed by atoms with E-state index in [1.54, 1.807) is 6.08 Å². The molecule has 1 atom stereocenters. The molecule has 5 nitrogen and oxygen atoms in total. The summed E-state index contributed by atoms with van der Waals surface area (Å²) in [6.07, 6.45) is 1.95. The van der Waals surface area contributed by atoms with Gasteiger partial charge >= 0.3 is 0 Å². The summed E-state index contributed by atoms with van der Waals surface area (Å²) in [5.74, 6) is -0.467. The van der Waals surface area contributed by atoms with Crippen molar-refractivity contribution >= 4 is 33.2 Å². The summed E-state index contributed by atoms with van der Waals surface area (Å²) in [6, 6.07) is 3.38. The van der Waals surface area contributed by atoms with E-state index >= 15 is 0 Å². The lowest BCUT2D eigenvalue weighted by atomic mass is 10.1. The standard InChI is InChI=1S/C13H14N2O3S2/c1-9-2-4-19-12(9)6-10(7-14)13(16)15-11-3-5-20(17,18)8-11/h2,4,6,11H,3,5,8H2,1H3,(H,15,16)/b10-6+. The monoisotopic (exact) mass is 310 g/mol. The predicted octanol–water partition coefficient (Wildman–Crippen LogP) is 1.27. The third kappa shape index (κ3) is 3.46. The molecule has 1 amide bonds. The van der Waals surface area contributed by atoms with E-state index in [4.69, 9.17) is 5.26 Å². The fourth-order valence-electron chi connectivity index (χ4n) is 1.98. The molecule has 0 saturated carbocycles. The molecule has 2 heterocycles. The number of amides is 1. The highest BCUT2D eigenvalue weighted by Crippen LogP contribution is 2.19. The van der Waals surface area contributed by atoms with Crippen LogP contribution in [-0.4, -0.2) is 31.9 Å². The first-order valence-corrected chi connectivity index (χ1v) is 8.78. The summed E-state index contributed by atoms with van der Waals surface area (Å²) in [5, 5.41) is 13.6. The van der Waals surface area contributed by atoms with Crippen LogP contribution >= 0.6 is 11.3 Å². The molecule has 106 valence electrons. The number of carbonyl (C=O) groups is 1. The van der Waals surface area contributed by atoms with Gasteiger partial charge in [-0.15, -0.1) is 11.3 Å². The Kier molecular flexibility index (Phi) is 4.26. The second kappa shape index (κ2) is 5.77. The number of nitrogens with one attached hydrogen (secondary N) is 1.